The molecule has 0 bridgehead atoms. The molecule has 3 aromatic carbocycles. The Morgan fingerprint density at radius 1 is 0.731 bits per heavy atom. The molecule has 2 N–H and O–H groups in total. The first-order valence-electron chi connectivity index (χ1n) is 8.46. The summed E-state index contributed by atoms with van der Waals surface area (Å²) in [5.74, 6) is -1.35. The van der Waals surface area contributed by atoms with E-state index in [0.717, 1.165) is 16.7 Å². The molecule has 4 heteroatoms. The molecule has 0 heterocycles. The zero-order valence-corrected chi connectivity index (χ0v) is 14.5. The lowest BCUT2D eigenvalue weighted by molar-refractivity contribution is -0.136. The molecule has 0 aliphatic rings. The van der Waals surface area contributed by atoms with Crippen molar-refractivity contribution in [3.8, 4) is 11.1 Å². The largest absolute Gasteiger partial charge is 0.341 e. The zero-order valence-electron chi connectivity index (χ0n) is 14.5. The molecular formula is C22H20N2O2. The first kappa shape index (κ1) is 17.4. The summed E-state index contributed by atoms with van der Waals surface area (Å²) < 4.78 is 0. The Morgan fingerprint density at radius 3 is 2.00 bits per heavy atom. The molecule has 3 aromatic rings. The number of hydrogen-bond donors (Lipinski definition) is 2. The van der Waals surface area contributed by atoms with Crippen LogP contribution in [0.25, 0.3) is 11.1 Å². The van der Waals surface area contributed by atoms with E-state index in [1.165, 1.54) is 0 Å². The summed E-state index contributed by atoms with van der Waals surface area (Å²) in [4.78, 5) is 24.6. The second kappa shape index (κ2) is 8.12. The third-order valence-electron chi connectivity index (χ3n) is 4.11. The smallest absolute Gasteiger partial charge is 0.313 e. The molecule has 130 valence electrons. The number of hydrogen-bond acceptors (Lipinski definition) is 2. The van der Waals surface area contributed by atoms with Gasteiger partial charge < -0.3 is 10.6 Å². The molecule has 26 heavy (non-hydrogen) atoms. The van der Waals surface area contributed by atoms with Crippen LogP contribution in [0.15, 0.2) is 84.9 Å². The van der Waals surface area contributed by atoms with E-state index in [4.69, 9.17) is 0 Å². The number of carbonyl (C=O) groups excluding carboxylic acids is 2. The van der Waals surface area contributed by atoms with Crippen LogP contribution in [0.3, 0.4) is 0 Å². The van der Waals surface area contributed by atoms with Crippen LogP contribution in [0.4, 0.5) is 5.69 Å². The van der Waals surface area contributed by atoms with E-state index in [1.807, 2.05) is 85.8 Å². The van der Waals surface area contributed by atoms with Gasteiger partial charge in [0.15, 0.2) is 0 Å². The fraction of sp³-hybridized carbons (Fsp3) is 0.0909. The molecule has 1 atom stereocenters. The predicted molar refractivity (Wildman–Crippen MR) is 104 cm³/mol. The summed E-state index contributed by atoms with van der Waals surface area (Å²) in [6, 6.07) is 26.4. The van der Waals surface area contributed by atoms with E-state index in [0.29, 0.717) is 5.69 Å². The summed E-state index contributed by atoms with van der Waals surface area (Å²) in [5.41, 5.74) is 3.39. The van der Waals surface area contributed by atoms with Gasteiger partial charge in [-0.15, -0.1) is 0 Å². The molecule has 0 fully saturated rings. The molecule has 0 unspecified atom stereocenters. The quantitative estimate of drug-likeness (QED) is 0.698. The Balaban J connectivity index is 1.71. The molecule has 0 spiro atoms. The molecule has 0 aliphatic carbocycles. The normalized spacial score (nSPS) is 11.4. The Kier molecular flexibility index (Phi) is 5.44. The SMILES string of the molecule is C[C@@H](NC(=O)C(=O)Nc1ccccc1-c1ccccc1)c1ccccc1. The fourth-order valence-corrected chi connectivity index (χ4v) is 2.73. The second-order valence-corrected chi connectivity index (χ2v) is 5.97. The van der Waals surface area contributed by atoms with Gasteiger partial charge in [-0.3, -0.25) is 9.59 Å². The van der Waals surface area contributed by atoms with Crippen molar-refractivity contribution in [2.75, 3.05) is 5.32 Å². The van der Waals surface area contributed by atoms with Gasteiger partial charge in [0.2, 0.25) is 0 Å². The van der Waals surface area contributed by atoms with Crippen LogP contribution in [0, 0.1) is 0 Å². The highest BCUT2D eigenvalue weighted by Gasteiger charge is 2.18. The highest BCUT2D eigenvalue weighted by molar-refractivity contribution is 6.40. The van der Waals surface area contributed by atoms with Crippen molar-refractivity contribution in [2.24, 2.45) is 0 Å². The number of amides is 2. The summed E-state index contributed by atoms with van der Waals surface area (Å²) in [7, 11) is 0. The van der Waals surface area contributed by atoms with Gasteiger partial charge >= 0.3 is 11.8 Å². The summed E-state index contributed by atoms with van der Waals surface area (Å²) in [6.07, 6.45) is 0. The van der Waals surface area contributed by atoms with Gasteiger partial charge in [-0.2, -0.15) is 0 Å². The van der Waals surface area contributed by atoms with E-state index in [-0.39, 0.29) is 6.04 Å². The standard InChI is InChI=1S/C22H20N2O2/c1-16(17-10-4-2-5-11-17)23-21(25)22(26)24-20-15-9-8-14-19(20)18-12-6-3-7-13-18/h2-16H,1H3,(H,23,25)(H,24,26)/t16-/m1/s1. The van der Waals surface area contributed by atoms with Gasteiger partial charge in [0.25, 0.3) is 0 Å². The molecule has 2 amide bonds. The molecule has 0 saturated carbocycles. The zero-order chi connectivity index (χ0) is 18.4. The van der Waals surface area contributed by atoms with Gasteiger partial charge in [0, 0.05) is 11.3 Å². The van der Waals surface area contributed by atoms with Crippen LogP contribution in [-0.2, 0) is 9.59 Å². The van der Waals surface area contributed by atoms with Gasteiger partial charge in [-0.25, -0.2) is 0 Å². The maximum Gasteiger partial charge on any atom is 0.313 e. The predicted octanol–water partition coefficient (Wildman–Crippen LogP) is 4.17. The average molecular weight is 344 g/mol. The molecule has 0 radical (unpaired) electrons. The van der Waals surface area contributed by atoms with Gasteiger partial charge in [0.1, 0.15) is 0 Å². The highest BCUT2D eigenvalue weighted by atomic mass is 16.2. The summed E-state index contributed by atoms with van der Waals surface area (Å²) >= 11 is 0. The Hall–Kier alpha value is -3.40. The first-order chi connectivity index (χ1) is 12.6. The van der Waals surface area contributed by atoms with Gasteiger partial charge in [-0.1, -0.05) is 78.9 Å². The van der Waals surface area contributed by atoms with Gasteiger partial charge in [-0.05, 0) is 24.1 Å². The minimum Gasteiger partial charge on any atom is -0.341 e. The lowest BCUT2D eigenvalue weighted by atomic mass is 10.0. The molecule has 0 aliphatic heterocycles. The van der Waals surface area contributed by atoms with E-state index in [9.17, 15) is 9.59 Å². The molecule has 0 saturated heterocycles. The molecular weight excluding hydrogens is 324 g/mol. The number of rotatable bonds is 4. The van der Waals surface area contributed by atoms with Crippen LogP contribution in [0.2, 0.25) is 0 Å². The lowest BCUT2D eigenvalue weighted by Crippen LogP contribution is -2.37. The first-order valence-corrected chi connectivity index (χ1v) is 8.46. The highest BCUT2D eigenvalue weighted by Crippen LogP contribution is 2.27. The van der Waals surface area contributed by atoms with Crippen LogP contribution in [0.1, 0.15) is 18.5 Å². The topological polar surface area (TPSA) is 58.2 Å². The van der Waals surface area contributed by atoms with Crippen LogP contribution in [-0.4, -0.2) is 11.8 Å². The van der Waals surface area contributed by atoms with E-state index in [1.54, 1.807) is 6.07 Å². The average Bonchev–Trinajstić information content (AvgIpc) is 2.69. The van der Waals surface area contributed by atoms with Crippen molar-refractivity contribution in [1.29, 1.82) is 0 Å². The van der Waals surface area contributed by atoms with E-state index < -0.39 is 11.8 Å². The number of anilines is 1. The minimum atomic E-state index is -0.684. The maximum absolute atomic E-state index is 12.3. The van der Waals surface area contributed by atoms with Crippen molar-refractivity contribution in [1.82, 2.24) is 5.32 Å². The number of nitrogens with one attached hydrogen (secondary N) is 2. The minimum absolute atomic E-state index is 0.251. The van der Waals surface area contributed by atoms with Crippen molar-refractivity contribution in [3.63, 3.8) is 0 Å². The third kappa shape index (κ3) is 4.16. The van der Waals surface area contributed by atoms with Crippen LogP contribution < -0.4 is 10.6 Å². The van der Waals surface area contributed by atoms with Gasteiger partial charge in [0.05, 0.1) is 6.04 Å². The van der Waals surface area contributed by atoms with Crippen molar-refractivity contribution in [3.05, 3.63) is 90.5 Å². The van der Waals surface area contributed by atoms with Crippen molar-refractivity contribution < 1.29 is 9.59 Å². The van der Waals surface area contributed by atoms with E-state index >= 15 is 0 Å². The molecule has 3 rings (SSSR count). The van der Waals surface area contributed by atoms with Crippen LogP contribution >= 0.6 is 0 Å². The Labute approximate surface area is 152 Å². The maximum atomic E-state index is 12.3. The van der Waals surface area contributed by atoms with Crippen molar-refractivity contribution in [2.45, 2.75) is 13.0 Å². The second-order valence-electron chi connectivity index (χ2n) is 5.97. The third-order valence-corrected chi connectivity index (χ3v) is 4.11. The fourth-order valence-electron chi connectivity index (χ4n) is 2.73. The Morgan fingerprint density at radius 2 is 1.31 bits per heavy atom. The van der Waals surface area contributed by atoms with E-state index in [2.05, 4.69) is 10.6 Å². The molecule has 4 nitrogen and oxygen atoms in total. The Bertz CT molecular complexity index is 892. The van der Waals surface area contributed by atoms with Crippen molar-refractivity contribution >= 4 is 17.5 Å². The number of benzene rings is 3. The lowest BCUT2D eigenvalue weighted by Gasteiger charge is -2.15. The summed E-state index contributed by atoms with van der Waals surface area (Å²) in [5, 5.41) is 5.44. The molecule has 0 aromatic heterocycles. The van der Waals surface area contributed by atoms with Crippen LogP contribution in [0.5, 0.6) is 0 Å². The monoisotopic (exact) mass is 344 g/mol. The summed E-state index contributed by atoms with van der Waals surface area (Å²) in [6.45, 7) is 1.85. The number of carbonyl (C=O) groups is 2. The number of para-hydroxylation sites is 1.